The number of carbonyl (C=O) groups is 2. The monoisotopic (exact) mass is 528 g/mol. The van der Waals surface area contributed by atoms with Crippen LogP contribution in [0.1, 0.15) is 103 Å². The Hall–Kier alpha value is -1.92. The molecule has 0 bridgehead atoms. The number of unbranched alkanes of at least 4 members (excludes halogenated alkanes) is 1. The topological polar surface area (TPSA) is 78.9 Å². The van der Waals surface area contributed by atoms with E-state index in [1.54, 1.807) is 0 Å². The smallest absolute Gasteiger partial charge is 0.220 e. The van der Waals surface area contributed by atoms with Crippen LogP contribution in [0.25, 0.3) is 0 Å². The van der Waals surface area contributed by atoms with E-state index < -0.39 is 0 Å². The molecule has 3 rings (SSSR count). The van der Waals surface area contributed by atoms with Gasteiger partial charge in [0.25, 0.3) is 0 Å². The molecule has 214 valence electrons. The number of benzene rings is 1. The minimum atomic E-state index is -0.273. The van der Waals surface area contributed by atoms with Crippen molar-refractivity contribution in [1.29, 1.82) is 0 Å². The first-order valence-electron chi connectivity index (χ1n) is 15.4. The summed E-state index contributed by atoms with van der Waals surface area (Å²) in [6, 6.07) is 8.23. The maximum absolute atomic E-state index is 12.8. The highest BCUT2D eigenvalue weighted by Crippen LogP contribution is 2.26. The number of aliphatic hydroxyl groups excluding tert-OH is 1. The molecule has 2 fully saturated rings. The minimum Gasteiger partial charge on any atom is -0.494 e. The SMILES string of the molecule is CCC(C)CCCOc1ccc(CC(CN2CCC(O)C2)NC(=O)CCCCC(=O)C2CCCCC2)cc1. The molecule has 0 radical (unpaired) electrons. The molecule has 0 spiro atoms. The van der Waals surface area contributed by atoms with Gasteiger partial charge in [-0.25, -0.2) is 0 Å². The number of β-amino-alcohol motifs (C(OH)–C–C–N with tert-alkyl or cyclic N) is 1. The van der Waals surface area contributed by atoms with E-state index >= 15 is 0 Å². The van der Waals surface area contributed by atoms with Crippen LogP contribution in [0, 0.1) is 11.8 Å². The van der Waals surface area contributed by atoms with Crippen molar-refractivity contribution < 1.29 is 19.4 Å². The number of aliphatic hydroxyl groups is 1. The summed E-state index contributed by atoms with van der Waals surface area (Å²) in [6.45, 7) is 7.51. The highest BCUT2D eigenvalue weighted by Gasteiger charge is 2.24. The van der Waals surface area contributed by atoms with Gasteiger partial charge >= 0.3 is 0 Å². The van der Waals surface area contributed by atoms with Crippen molar-refractivity contribution in [3.8, 4) is 5.75 Å². The zero-order valence-electron chi connectivity index (χ0n) is 24.0. The number of likely N-dealkylation sites (tertiary alicyclic amines) is 1. The minimum absolute atomic E-state index is 0.0148. The number of amides is 1. The molecule has 1 aromatic carbocycles. The van der Waals surface area contributed by atoms with E-state index in [1.165, 1.54) is 37.7 Å². The average Bonchev–Trinajstić information content (AvgIpc) is 3.34. The molecule has 6 heteroatoms. The number of nitrogens with zero attached hydrogens (tertiary/aromatic N) is 1. The molecule has 38 heavy (non-hydrogen) atoms. The van der Waals surface area contributed by atoms with Gasteiger partial charge < -0.3 is 15.2 Å². The molecule has 2 N–H and O–H groups in total. The first-order chi connectivity index (χ1) is 18.4. The molecule has 1 aliphatic carbocycles. The maximum Gasteiger partial charge on any atom is 0.220 e. The fourth-order valence-electron chi connectivity index (χ4n) is 5.80. The summed E-state index contributed by atoms with van der Waals surface area (Å²) >= 11 is 0. The summed E-state index contributed by atoms with van der Waals surface area (Å²) in [5.74, 6) is 2.36. The van der Waals surface area contributed by atoms with E-state index in [-0.39, 0.29) is 24.0 Å². The van der Waals surface area contributed by atoms with Gasteiger partial charge in [0.15, 0.2) is 0 Å². The zero-order chi connectivity index (χ0) is 27.2. The number of nitrogens with one attached hydrogen (secondary N) is 1. The Labute approximate surface area is 230 Å². The van der Waals surface area contributed by atoms with Crippen molar-refractivity contribution in [3.05, 3.63) is 29.8 Å². The molecular weight excluding hydrogens is 476 g/mol. The van der Waals surface area contributed by atoms with Gasteiger partial charge in [-0.05, 0) is 75.0 Å². The van der Waals surface area contributed by atoms with Crippen molar-refractivity contribution in [2.24, 2.45) is 11.8 Å². The van der Waals surface area contributed by atoms with Crippen LogP contribution >= 0.6 is 0 Å². The lowest BCUT2D eigenvalue weighted by atomic mass is 9.84. The standard InChI is InChI=1S/C32H52N2O4/c1-3-25(2)10-9-21-38-30-17-15-26(16-18-30)22-28(23-34-20-19-29(35)24-34)33-32(37)14-8-7-13-31(36)27-11-5-4-6-12-27/h15-18,25,27-29,35H,3-14,19-24H2,1-2H3,(H,33,37). The highest BCUT2D eigenvalue weighted by molar-refractivity contribution is 5.81. The first-order valence-corrected chi connectivity index (χ1v) is 15.4. The largest absolute Gasteiger partial charge is 0.494 e. The Balaban J connectivity index is 1.43. The second kappa shape index (κ2) is 16.9. The van der Waals surface area contributed by atoms with Crippen LogP contribution in [-0.4, -0.2) is 60.1 Å². The molecule has 1 saturated heterocycles. The van der Waals surface area contributed by atoms with Crippen LogP contribution in [0.4, 0.5) is 0 Å². The Morgan fingerprint density at radius 3 is 2.47 bits per heavy atom. The van der Waals surface area contributed by atoms with Crippen molar-refractivity contribution in [2.45, 2.75) is 116 Å². The quantitative estimate of drug-likeness (QED) is 0.254. The van der Waals surface area contributed by atoms with Crippen molar-refractivity contribution in [3.63, 3.8) is 0 Å². The summed E-state index contributed by atoms with van der Waals surface area (Å²) in [6.07, 6.45) is 13.1. The second-order valence-corrected chi connectivity index (χ2v) is 11.8. The van der Waals surface area contributed by atoms with Gasteiger partial charge in [-0.3, -0.25) is 14.5 Å². The van der Waals surface area contributed by atoms with Crippen molar-refractivity contribution in [2.75, 3.05) is 26.2 Å². The Bertz CT molecular complexity index is 821. The molecule has 1 aromatic rings. The number of Topliss-reactive ketones (excluding diaryl/α,β-unsaturated/α-hetero) is 1. The van der Waals surface area contributed by atoms with Crippen molar-refractivity contribution >= 4 is 11.7 Å². The Morgan fingerprint density at radius 2 is 1.79 bits per heavy atom. The molecular formula is C32H52N2O4. The molecule has 6 nitrogen and oxygen atoms in total. The fraction of sp³-hybridized carbons (Fsp3) is 0.750. The summed E-state index contributed by atoms with van der Waals surface area (Å²) in [4.78, 5) is 27.5. The van der Waals surface area contributed by atoms with Gasteiger partial charge in [-0.15, -0.1) is 0 Å². The molecule has 0 aromatic heterocycles. The number of carbonyl (C=O) groups excluding carboxylic acids is 2. The van der Waals surface area contributed by atoms with E-state index in [9.17, 15) is 14.7 Å². The summed E-state index contributed by atoms with van der Waals surface area (Å²) in [5.41, 5.74) is 1.17. The van der Waals surface area contributed by atoms with Crippen molar-refractivity contribution in [1.82, 2.24) is 10.2 Å². The number of hydrogen-bond acceptors (Lipinski definition) is 5. The van der Waals surface area contributed by atoms with Crippen LogP contribution in [-0.2, 0) is 16.0 Å². The molecule has 1 saturated carbocycles. The first kappa shape index (κ1) is 30.6. The van der Waals surface area contributed by atoms with Gasteiger partial charge in [0.2, 0.25) is 5.91 Å². The Kier molecular flexibility index (Phi) is 13.6. The maximum atomic E-state index is 12.8. The third-order valence-corrected chi connectivity index (χ3v) is 8.44. The number of ether oxygens (including phenoxy) is 1. The lowest BCUT2D eigenvalue weighted by molar-refractivity contribution is -0.125. The Morgan fingerprint density at radius 1 is 1.05 bits per heavy atom. The van der Waals surface area contributed by atoms with Gasteiger partial charge in [-0.2, -0.15) is 0 Å². The van der Waals surface area contributed by atoms with Gasteiger partial charge in [0.1, 0.15) is 11.5 Å². The van der Waals surface area contributed by atoms with Crippen LogP contribution < -0.4 is 10.1 Å². The number of hydrogen-bond donors (Lipinski definition) is 2. The van der Waals surface area contributed by atoms with E-state index in [0.29, 0.717) is 25.2 Å². The molecule has 1 amide bonds. The van der Waals surface area contributed by atoms with E-state index in [4.69, 9.17) is 4.74 Å². The summed E-state index contributed by atoms with van der Waals surface area (Å²) < 4.78 is 5.93. The fourth-order valence-corrected chi connectivity index (χ4v) is 5.80. The van der Waals surface area contributed by atoms with Crippen LogP contribution in [0.15, 0.2) is 24.3 Å². The van der Waals surface area contributed by atoms with Crippen LogP contribution in [0.5, 0.6) is 5.75 Å². The molecule has 1 heterocycles. The van der Waals surface area contributed by atoms with Gasteiger partial charge in [-0.1, -0.05) is 51.7 Å². The van der Waals surface area contributed by atoms with E-state index in [1.807, 2.05) is 12.1 Å². The van der Waals surface area contributed by atoms with Crippen LogP contribution in [0.2, 0.25) is 0 Å². The average molecular weight is 529 g/mol. The molecule has 2 aliphatic rings. The van der Waals surface area contributed by atoms with Gasteiger partial charge in [0, 0.05) is 44.4 Å². The molecule has 1 aliphatic heterocycles. The highest BCUT2D eigenvalue weighted by atomic mass is 16.5. The van der Waals surface area contributed by atoms with E-state index in [0.717, 1.165) is 76.3 Å². The van der Waals surface area contributed by atoms with E-state index in [2.05, 4.69) is 36.2 Å². The lowest BCUT2D eigenvalue weighted by Crippen LogP contribution is -2.44. The molecule has 3 unspecified atom stereocenters. The lowest BCUT2D eigenvalue weighted by Gasteiger charge is -2.25. The second-order valence-electron chi connectivity index (χ2n) is 11.8. The van der Waals surface area contributed by atoms with Crippen LogP contribution in [0.3, 0.4) is 0 Å². The summed E-state index contributed by atoms with van der Waals surface area (Å²) in [5, 5.41) is 13.2. The third-order valence-electron chi connectivity index (χ3n) is 8.44. The zero-order valence-corrected chi connectivity index (χ0v) is 24.0. The third kappa shape index (κ3) is 11.4. The van der Waals surface area contributed by atoms with Gasteiger partial charge in [0.05, 0.1) is 12.7 Å². The molecule has 3 atom stereocenters. The number of ketones is 1. The predicted octanol–water partition coefficient (Wildman–Crippen LogP) is 5.70. The normalized spacial score (nSPS) is 20.2. The predicted molar refractivity (Wildman–Crippen MR) is 153 cm³/mol. The number of rotatable bonds is 17. The summed E-state index contributed by atoms with van der Waals surface area (Å²) in [7, 11) is 0.